The van der Waals surface area contributed by atoms with Crippen LogP contribution in [0.2, 0.25) is 0 Å². The maximum Gasteiger partial charge on any atom is 0.320 e. The van der Waals surface area contributed by atoms with E-state index in [2.05, 4.69) is 6.92 Å². The summed E-state index contributed by atoms with van der Waals surface area (Å²) in [4.78, 5) is 27.1. The van der Waals surface area contributed by atoms with Crippen LogP contribution in [0.15, 0.2) is 0 Å². The molecule has 5 nitrogen and oxygen atoms in total. The van der Waals surface area contributed by atoms with E-state index >= 15 is 0 Å². The van der Waals surface area contributed by atoms with Crippen LogP contribution in [-0.4, -0.2) is 52.6 Å². The molecule has 0 aromatic rings. The summed E-state index contributed by atoms with van der Waals surface area (Å²) < 4.78 is 0. The molecule has 0 bridgehead atoms. The number of hydrogen-bond acceptors (Lipinski definition) is 2. The van der Waals surface area contributed by atoms with E-state index in [1.165, 1.54) is 6.42 Å². The average Bonchev–Trinajstić information content (AvgIpc) is 2.71. The molecule has 0 saturated carbocycles. The second-order valence-corrected chi connectivity index (χ2v) is 5.65. The van der Waals surface area contributed by atoms with Crippen molar-refractivity contribution in [2.75, 3.05) is 19.6 Å². The predicted octanol–water partition coefficient (Wildman–Crippen LogP) is 1.63. The first-order chi connectivity index (χ1) is 8.50. The van der Waals surface area contributed by atoms with Crippen molar-refractivity contribution in [3.05, 3.63) is 0 Å². The van der Waals surface area contributed by atoms with Crippen LogP contribution in [0.25, 0.3) is 0 Å². The molecule has 102 valence electrons. The molecule has 2 aliphatic heterocycles. The Labute approximate surface area is 108 Å². The molecular weight excluding hydrogens is 232 g/mol. The Morgan fingerprint density at radius 2 is 1.89 bits per heavy atom. The number of piperidine rings is 1. The molecule has 0 radical (unpaired) electrons. The average molecular weight is 254 g/mol. The third-order valence-electron chi connectivity index (χ3n) is 4.25. The highest BCUT2D eigenvalue weighted by atomic mass is 16.4. The van der Waals surface area contributed by atoms with Crippen molar-refractivity contribution in [2.45, 2.75) is 39.2 Å². The van der Waals surface area contributed by atoms with Gasteiger partial charge in [-0.15, -0.1) is 0 Å². The van der Waals surface area contributed by atoms with Crippen LogP contribution < -0.4 is 0 Å². The topological polar surface area (TPSA) is 60.9 Å². The van der Waals surface area contributed by atoms with Crippen molar-refractivity contribution < 1.29 is 14.7 Å². The Morgan fingerprint density at radius 3 is 2.44 bits per heavy atom. The van der Waals surface area contributed by atoms with Crippen molar-refractivity contribution >= 4 is 12.0 Å². The van der Waals surface area contributed by atoms with Gasteiger partial charge in [-0.25, -0.2) is 4.79 Å². The second-order valence-electron chi connectivity index (χ2n) is 5.65. The summed E-state index contributed by atoms with van der Waals surface area (Å²) in [5, 5.41) is 9.09. The van der Waals surface area contributed by atoms with Gasteiger partial charge in [-0.3, -0.25) is 4.79 Å². The molecule has 1 N–H and O–H groups in total. The molecule has 2 fully saturated rings. The zero-order chi connectivity index (χ0) is 13.3. The fourth-order valence-electron chi connectivity index (χ4n) is 3.01. The SMILES string of the molecule is CC1CCCCN1C(=O)N1C[C@@H](C)[C@H](C(=O)O)C1. The number of hydrogen-bond donors (Lipinski definition) is 1. The Balaban J connectivity index is 2.00. The number of rotatable bonds is 1. The van der Waals surface area contributed by atoms with Crippen molar-refractivity contribution in [3.8, 4) is 0 Å². The van der Waals surface area contributed by atoms with Gasteiger partial charge in [-0.2, -0.15) is 0 Å². The van der Waals surface area contributed by atoms with Gasteiger partial charge in [0.25, 0.3) is 0 Å². The van der Waals surface area contributed by atoms with Gasteiger partial charge in [0, 0.05) is 25.7 Å². The first-order valence-corrected chi connectivity index (χ1v) is 6.79. The van der Waals surface area contributed by atoms with E-state index in [0.717, 1.165) is 19.4 Å². The number of carboxylic acid groups (broad SMARTS) is 1. The fraction of sp³-hybridized carbons (Fsp3) is 0.846. The molecule has 2 heterocycles. The maximum absolute atomic E-state index is 12.4. The molecule has 0 aliphatic carbocycles. The summed E-state index contributed by atoms with van der Waals surface area (Å²) in [5.41, 5.74) is 0. The molecule has 1 unspecified atom stereocenters. The first-order valence-electron chi connectivity index (χ1n) is 6.79. The highest BCUT2D eigenvalue weighted by molar-refractivity contribution is 5.78. The monoisotopic (exact) mass is 254 g/mol. The van der Waals surface area contributed by atoms with E-state index in [9.17, 15) is 9.59 Å². The molecule has 0 aromatic heterocycles. The van der Waals surface area contributed by atoms with E-state index < -0.39 is 11.9 Å². The van der Waals surface area contributed by atoms with E-state index in [4.69, 9.17) is 5.11 Å². The van der Waals surface area contributed by atoms with Crippen molar-refractivity contribution in [1.82, 2.24) is 9.80 Å². The van der Waals surface area contributed by atoms with E-state index in [1.54, 1.807) is 4.90 Å². The molecule has 2 aliphatic rings. The lowest BCUT2D eigenvalue weighted by atomic mass is 9.99. The zero-order valence-corrected chi connectivity index (χ0v) is 11.1. The van der Waals surface area contributed by atoms with E-state index in [0.29, 0.717) is 13.1 Å². The third kappa shape index (κ3) is 2.44. The molecular formula is C13H22N2O3. The molecule has 0 spiro atoms. The van der Waals surface area contributed by atoms with Gasteiger partial charge < -0.3 is 14.9 Å². The van der Waals surface area contributed by atoms with E-state index in [-0.39, 0.29) is 18.0 Å². The third-order valence-corrected chi connectivity index (χ3v) is 4.25. The Morgan fingerprint density at radius 1 is 1.17 bits per heavy atom. The summed E-state index contributed by atoms with van der Waals surface area (Å²) in [5.74, 6) is -1.15. The number of carbonyl (C=O) groups is 2. The van der Waals surface area contributed by atoms with E-state index in [1.807, 2.05) is 11.8 Å². The molecule has 2 saturated heterocycles. The normalized spacial score (nSPS) is 32.7. The smallest absolute Gasteiger partial charge is 0.320 e. The lowest BCUT2D eigenvalue weighted by molar-refractivity contribution is -0.142. The summed E-state index contributed by atoms with van der Waals surface area (Å²) >= 11 is 0. The van der Waals surface area contributed by atoms with Crippen LogP contribution in [-0.2, 0) is 4.79 Å². The van der Waals surface area contributed by atoms with Gasteiger partial charge in [0.15, 0.2) is 0 Å². The van der Waals surface area contributed by atoms with Crippen LogP contribution in [0.4, 0.5) is 4.79 Å². The van der Waals surface area contributed by atoms with Crippen LogP contribution in [0.3, 0.4) is 0 Å². The van der Waals surface area contributed by atoms with Crippen LogP contribution in [0.1, 0.15) is 33.1 Å². The molecule has 2 rings (SSSR count). The fourth-order valence-corrected chi connectivity index (χ4v) is 3.01. The van der Waals surface area contributed by atoms with Gasteiger partial charge in [0.2, 0.25) is 0 Å². The number of aliphatic carboxylic acids is 1. The van der Waals surface area contributed by atoms with Crippen molar-refractivity contribution in [2.24, 2.45) is 11.8 Å². The van der Waals surface area contributed by atoms with Crippen LogP contribution >= 0.6 is 0 Å². The standard InChI is InChI=1S/C13H22N2O3/c1-9-7-14(8-11(9)12(16)17)13(18)15-6-4-3-5-10(15)2/h9-11H,3-8H2,1-2H3,(H,16,17)/t9-,10?,11-/m1/s1. The Bertz CT molecular complexity index is 345. The highest BCUT2D eigenvalue weighted by Crippen LogP contribution is 2.26. The minimum Gasteiger partial charge on any atom is -0.481 e. The minimum absolute atomic E-state index is 0.0257. The number of likely N-dealkylation sites (tertiary alicyclic amines) is 2. The summed E-state index contributed by atoms with van der Waals surface area (Å²) in [6.45, 7) is 5.72. The number of nitrogens with zero attached hydrogens (tertiary/aromatic N) is 2. The van der Waals surface area contributed by atoms with Gasteiger partial charge in [0.1, 0.15) is 0 Å². The molecule has 5 heteroatoms. The van der Waals surface area contributed by atoms with Crippen LogP contribution in [0, 0.1) is 11.8 Å². The Kier molecular flexibility index (Phi) is 3.78. The maximum atomic E-state index is 12.4. The van der Waals surface area contributed by atoms with Gasteiger partial charge in [0.05, 0.1) is 5.92 Å². The largest absolute Gasteiger partial charge is 0.481 e. The minimum atomic E-state index is -0.788. The summed E-state index contributed by atoms with van der Waals surface area (Å²) in [7, 11) is 0. The highest BCUT2D eigenvalue weighted by Gasteiger charge is 2.39. The van der Waals surface area contributed by atoms with Crippen molar-refractivity contribution in [1.29, 1.82) is 0 Å². The van der Waals surface area contributed by atoms with Gasteiger partial charge in [-0.05, 0) is 32.1 Å². The quantitative estimate of drug-likeness (QED) is 0.773. The number of amides is 2. The Hall–Kier alpha value is -1.26. The number of carboxylic acids is 1. The first kappa shape index (κ1) is 13.2. The summed E-state index contributed by atoms with van der Waals surface area (Å²) in [6, 6.07) is 0.309. The van der Waals surface area contributed by atoms with Crippen LogP contribution in [0.5, 0.6) is 0 Å². The number of urea groups is 1. The number of carbonyl (C=O) groups excluding carboxylic acids is 1. The molecule has 2 amide bonds. The zero-order valence-electron chi connectivity index (χ0n) is 11.1. The summed E-state index contributed by atoms with van der Waals surface area (Å²) in [6.07, 6.45) is 3.29. The lowest BCUT2D eigenvalue weighted by Gasteiger charge is -2.36. The van der Waals surface area contributed by atoms with Crippen molar-refractivity contribution in [3.63, 3.8) is 0 Å². The van der Waals surface area contributed by atoms with Gasteiger partial charge >= 0.3 is 12.0 Å². The van der Waals surface area contributed by atoms with Gasteiger partial charge in [-0.1, -0.05) is 6.92 Å². The lowest BCUT2D eigenvalue weighted by Crippen LogP contribution is -2.48. The molecule has 18 heavy (non-hydrogen) atoms. The predicted molar refractivity (Wildman–Crippen MR) is 67.3 cm³/mol. The molecule has 3 atom stereocenters. The second kappa shape index (κ2) is 5.16. The molecule has 0 aromatic carbocycles.